The van der Waals surface area contributed by atoms with Crippen LogP contribution in [0, 0.1) is 6.92 Å². The molecule has 7 heteroatoms. The molecule has 140 valence electrons. The van der Waals surface area contributed by atoms with Crippen molar-refractivity contribution < 1.29 is 28.5 Å². The summed E-state index contributed by atoms with van der Waals surface area (Å²) in [5.41, 5.74) is 0.705. The SMILES string of the molecule is COc1cc(/C=C/C(=O)NCC(O)c2ccc(C)o2)cc(OC)c1OC. The third-order valence-electron chi connectivity index (χ3n) is 3.67. The lowest BCUT2D eigenvalue weighted by Gasteiger charge is -2.12. The van der Waals surface area contributed by atoms with E-state index >= 15 is 0 Å². The molecule has 2 N–H and O–H groups in total. The number of carbonyl (C=O) groups is 1. The van der Waals surface area contributed by atoms with Crippen LogP contribution in [0.1, 0.15) is 23.2 Å². The summed E-state index contributed by atoms with van der Waals surface area (Å²) in [5.74, 6) is 2.24. The summed E-state index contributed by atoms with van der Waals surface area (Å²) in [7, 11) is 4.57. The molecule has 1 aromatic carbocycles. The van der Waals surface area contributed by atoms with Gasteiger partial charge < -0.3 is 29.1 Å². The van der Waals surface area contributed by atoms with Crippen LogP contribution in [0.4, 0.5) is 0 Å². The van der Waals surface area contributed by atoms with Crippen LogP contribution >= 0.6 is 0 Å². The van der Waals surface area contributed by atoms with Gasteiger partial charge in [-0.1, -0.05) is 0 Å². The quantitative estimate of drug-likeness (QED) is 0.702. The van der Waals surface area contributed by atoms with Gasteiger partial charge in [0.1, 0.15) is 17.6 Å². The fourth-order valence-electron chi connectivity index (χ4n) is 2.36. The van der Waals surface area contributed by atoms with Crippen molar-refractivity contribution in [1.82, 2.24) is 5.32 Å². The van der Waals surface area contributed by atoms with E-state index in [0.29, 0.717) is 34.3 Å². The van der Waals surface area contributed by atoms with E-state index in [4.69, 9.17) is 18.6 Å². The highest BCUT2D eigenvalue weighted by Gasteiger charge is 2.13. The number of aryl methyl sites for hydroxylation is 1. The number of ether oxygens (including phenoxy) is 3. The monoisotopic (exact) mass is 361 g/mol. The van der Waals surface area contributed by atoms with Crippen LogP contribution in [0.3, 0.4) is 0 Å². The lowest BCUT2D eigenvalue weighted by Crippen LogP contribution is -2.26. The molecule has 1 amide bonds. The summed E-state index contributed by atoms with van der Waals surface area (Å²) < 4.78 is 21.1. The number of rotatable bonds is 8. The Hall–Kier alpha value is -2.93. The Labute approximate surface area is 152 Å². The number of nitrogens with one attached hydrogen (secondary N) is 1. The standard InChI is InChI=1S/C19H23NO6/c1-12-5-7-15(26-12)14(21)11-20-18(22)8-6-13-9-16(23-2)19(25-4)17(10-13)24-3/h5-10,14,21H,11H2,1-4H3,(H,20,22)/b8-6+. The van der Waals surface area contributed by atoms with Gasteiger partial charge in [0.15, 0.2) is 11.5 Å². The van der Waals surface area contributed by atoms with Crippen molar-refractivity contribution in [2.24, 2.45) is 0 Å². The predicted molar refractivity (Wildman–Crippen MR) is 96.5 cm³/mol. The minimum Gasteiger partial charge on any atom is -0.493 e. The fraction of sp³-hybridized carbons (Fsp3) is 0.316. The van der Waals surface area contributed by atoms with E-state index in [1.54, 1.807) is 37.3 Å². The van der Waals surface area contributed by atoms with Crippen LogP contribution in [0.5, 0.6) is 17.2 Å². The molecule has 1 heterocycles. The number of aliphatic hydroxyl groups is 1. The molecule has 0 aliphatic carbocycles. The average molecular weight is 361 g/mol. The van der Waals surface area contributed by atoms with Gasteiger partial charge in [0.2, 0.25) is 11.7 Å². The first-order valence-corrected chi connectivity index (χ1v) is 7.98. The van der Waals surface area contributed by atoms with Gasteiger partial charge in [-0.05, 0) is 42.8 Å². The van der Waals surface area contributed by atoms with E-state index in [9.17, 15) is 9.90 Å². The number of hydrogen-bond acceptors (Lipinski definition) is 6. The van der Waals surface area contributed by atoms with Gasteiger partial charge in [-0.25, -0.2) is 0 Å². The largest absolute Gasteiger partial charge is 0.493 e. The lowest BCUT2D eigenvalue weighted by molar-refractivity contribution is -0.116. The van der Waals surface area contributed by atoms with Crippen LogP contribution in [-0.4, -0.2) is 38.9 Å². The first-order valence-electron chi connectivity index (χ1n) is 7.98. The molecule has 0 spiro atoms. The topological polar surface area (TPSA) is 90.2 Å². The van der Waals surface area contributed by atoms with Crippen LogP contribution in [0.2, 0.25) is 0 Å². The molecule has 1 unspecified atom stereocenters. The summed E-state index contributed by atoms with van der Waals surface area (Å²) in [6, 6.07) is 6.89. The van der Waals surface area contributed by atoms with Gasteiger partial charge in [-0.3, -0.25) is 4.79 Å². The second kappa shape index (κ2) is 8.96. The molecule has 0 saturated carbocycles. The summed E-state index contributed by atoms with van der Waals surface area (Å²) >= 11 is 0. The van der Waals surface area contributed by atoms with E-state index in [1.165, 1.54) is 27.4 Å². The van der Waals surface area contributed by atoms with Gasteiger partial charge in [-0.2, -0.15) is 0 Å². The van der Waals surface area contributed by atoms with Crippen LogP contribution < -0.4 is 19.5 Å². The number of benzene rings is 1. The van der Waals surface area contributed by atoms with Crippen molar-refractivity contribution in [3.8, 4) is 17.2 Å². The Morgan fingerprint density at radius 1 is 1.19 bits per heavy atom. The predicted octanol–water partition coefficient (Wildman–Crippen LogP) is 2.48. The first-order chi connectivity index (χ1) is 12.5. The third kappa shape index (κ3) is 4.80. The number of carbonyl (C=O) groups excluding carboxylic acids is 1. The van der Waals surface area contributed by atoms with Crippen molar-refractivity contribution >= 4 is 12.0 Å². The van der Waals surface area contributed by atoms with E-state index in [2.05, 4.69) is 5.32 Å². The molecule has 0 aliphatic rings. The van der Waals surface area contributed by atoms with Crippen molar-refractivity contribution in [2.45, 2.75) is 13.0 Å². The average Bonchev–Trinajstić information content (AvgIpc) is 3.09. The number of methoxy groups -OCH3 is 3. The highest BCUT2D eigenvalue weighted by atomic mass is 16.5. The van der Waals surface area contributed by atoms with Crippen LogP contribution in [0.15, 0.2) is 34.8 Å². The van der Waals surface area contributed by atoms with Gasteiger partial charge in [0.25, 0.3) is 0 Å². The van der Waals surface area contributed by atoms with Crippen molar-refractivity contribution in [3.05, 3.63) is 47.4 Å². The van der Waals surface area contributed by atoms with E-state index in [0.717, 1.165) is 0 Å². The summed E-state index contributed by atoms with van der Waals surface area (Å²) in [5, 5.41) is 12.6. The van der Waals surface area contributed by atoms with Gasteiger partial charge in [-0.15, -0.1) is 0 Å². The number of hydrogen-bond donors (Lipinski definition) is 2. The Morgan fingerprint density at radius 2 is 1.85 bits per heavy atom. The van der Waals surface area contributed by atoms with Crippen LogP contribution in [0.25, 0.3) is 6.08 Å². The molecule has 2 rings (SSSR count). The second-order valence-corrected chi connectivity index (χ2v) is 5.50. The Bertz CT molecular complexity index is 755. The maximum atomic E-state index is 12.0. The number of amides is 1. The minimum absolute atomic E-state index is 0.0470. The summed E-state index contributed by atoms with van der Waals surface area (Å²) in [6.45, 7) is 1.83. The van der Waals surface area contributed by atoms with E-state index in [-0.39, 0.29) is 12.5 Å². The van der Waals surface area contributed by atoms with Gasteiger partial charge in [0, 0.05) is 6.08 Å². The molecule has 0 aliphatic heterocycles. The summed E-state index contributed by atoms with van der Waals surface area (Å²) in [6.07, 6.45) is 2.08. The van der Waals surface area contributed by atoms with Crippen molar-refractivity contribution in [2.75, 3.05) is 27.9 Å². The lowest BCUT2D eigenvalue weighted by atomic mass is 10.1. The molecule has 1 aromatic heterocycles. The molecule has 2 aromatic rings. The molecule has 0 fully saturated rings. The Kier molecular flexibility index (Phi) is 6.68. The minimum atomic E-state index is -0.901. The zero-order chi connectivity index (χ0) is 19.1. The Morgan fingerprint density at radius 3 is 2.35 bits per heavy atom. The van der Waals surface area contributed by atoms with E-state index in [1.807, 2.05) is 0 Å². The maximum absolute atomic E-state index is 12.0. The maximum Gasteiger partial charge on any atom is 0.244 e. The van der Waals surface area contributed by atoms with Crippen molar-refractivity contribution in [1.29, 1.82) is 0 Å². The number of aliphatic hydroxyl groups excluding tert-OH is 1. The van der Waals surface area contributed by atoms with Gasteiger partial charge >= 0.3 is 0 Å². The third-order valence-corrected chi connectivity index (χ3v) is 3.67. The molecule has 0 radical (unpaired) electrons. The zero-order valence-corrected chi connectivity index (χ0v) is 15.2. The van der Waals surface area contributed by atoms with Crippen molar-refractivity contribution in [3.63, 3.8) is 0 Å². The molecule has 1 atom stereocenters. The van der Waals surface area contributed by atoms with E-state index < -0.39 is 6.10 Å². The summed E-state index contributed by atoms with van der Waals surface area (Å²) in [4.78, 5) is 12.0. The molecule has 0 saturated heterocycles. The first kappa shape index (κ1) is 19.4. The normalized spacial score (nSPS) is 12.0. The Balaban J connectivity index is 2.01. The fourth-order valence-corrected chi connectivity index (χ4v) is 2.36. The van der Waals surface area contributed by atoms with Crippen LogP contribution in [-0.2, 0) is 4.79 Å². The molecule has 7 nitrogen and oxygen atoms in total. The molecule has 0 bridgehead atoms. The highest BCUT2D eigenvalue weighted by Crippen LogP contribution is 2.38. The second-order valence-electron chi connectivity index (χ2n) is 5.50. The molecule has 26 heavy (non-hydrogen) atoms. The van der Waals surface area contributed by atoms with Gasteiger partial charge in [0.05, 0.1) is 27.9 Å². The molecular formula is C19H23NO6. The molecular weight excluding hydrogens is 338 g/mol. The smallest absolute Gasteiger partial charge is 0.244 e. The highest BCUT2D eigenvalue weighted by molar-refractivity contribution is 5.91. The zero-order valence-electron chi connectivity index (χ0n) is 15.2. The number of furan rings is 1.